The lowest BCUT2D eigenvalue weighted by molar-refractivity contribution is -0.121. The molecule has 0 radical (unpaired) electrons. The minimum Gasteiger partial charge on any atom is -0.408 e. The molecule has 2 aliphatic rings. The number of fused-ring (bicyclic) bond motifs is 2. The number of aromatic amines is 1. The van der Waals surface area contributed by atoms with Crippen LogP contribution in [-0.4, -0.2) is 109 Å². The van der Waals surface area contributed by atoms with Gasteiger partial charge in [-0.15, -0.1) is 0 Å². The lowest BCUT2D eigenvalue weighted by atomic mass is 9.75. The molecule has 0 saturated carbocycles. The van der Waals surface area contributed by atoms with E-state index in [9.17, 15) is 19.6 Å². The molecule has 0 bridgehead atoms. The number of hydrogen-bond acceptors (Lipinski definition) is 18. The second kappa shape index (κ2) is 27.1. The number of benzene rings is 4. The van der Waals surface area contributed by atoms with Gasteiger partial charge >= 0.3 is 0 Å². The van der Waals surface area contributed by atoms with Crippen LogP contribution in [0, 0.1) is 23.2 Å². The smallest absolute Gasteiger partial charge is 0.279 e. The summed E-state index contributed by atoms with van der Waals surface area (Å²) in [7, 11) is -2.52. The number of imidazole rings is 2. The van der Waals surface area contributed by atoms with E-state index in [0.717, 1.165) is 16.7 Å². The Morgan fingerprint density at radius 2 is 1.38 bits per heavy atom. The lowest BCUT2D eigenvalue weighted by Gasteiger charge is -2.42. The minimum atomic E-state index is -3.80. The van der Waals surface area contributed by atoms with Crippen molar-refractivity contribution in [2.45, 2.75) is 121 Å². The highest BCUT2D eigenvalue weighted by Gasteiger charge is 2.54. The summed E-state index contributed by atoms with van der Waals surface area (Å²) in [4.78, 5) is 66.3. The van der Waals surface area contributed by atoms with Crippen LogP contribution in [0.1, 0.15) is 93.3 Å². The number of nitrogens with zero attached hydrogens (tertiary/aromatic N) is 8. The molecule has 2 saturated heterocycles. The Morgan fingerprint density at radius 1 is 0.805 bits per heavy atom. The Labute approximate surface area is 517 Å². The predicted molar refractivity (Wildman–Crippen MR) is 340 cm³/mol. The molecule has 4 N–H and O–H groups in total. The van der Waals surface area contributed by atoms with Crippen molar-refractivity contribution in [1.29, 1.82) is 5.26 Å². The van der Waals surface area contributed by atoms with Crippen molar-refractivity contribution in [2.24, 2.45) is 11.8 Å². The van der Waals surface area contributed by atoms with Crippen molar-refractivity contribution >= 4 is 86.0 Å². The molecule has 8 aromatic rings. The molecule has 0 aliphatic carbocycles. The molecule has 454 valence electrons. The molecular weight excluding hydrogens is 1200 g/mol. The highest BCUT2D eigenvalue weighted by Crippen LogP contribution is 2.51. The number of carbonyl (C=O) groups excluding carboxylic acids is 2. The van der Waals surface area contributed by atoms with Crippen LogP contribution in [0.2, 0.25) is 18.1 Å². The highest BCUT2D eigenvalue weighted by molar-refractivity contribution is 8.09. The van der Waals surface area contributed by atoms with Crippen LogP contribution >= 0.6 is 14.2 Å². The zero-order chi connectivity index (χ0) is 61.7. The van der Waals surface area contributed by atoms with E-state index in [2.05, 4.69) is 119 Å². The van der Waals surface area contributed by atoms with Gasteiger partial charge in [-0.3, -0.25) is 28.8 Å². The van der Waals surface area contributed by atoms with Gasteiger partial charge in [-0.05, 0) is 70.6 Å². The van der Waals surface area contributed by atoms with Gasteiger partial charge in [0.25, 0.3) is 18.1 Å². The summed E-state index contributed by atoms with van der Waals surface area (Å²) >= 11 is 11.9. The maximum Gasteiger partial charge on any atom is 0.279 e. The zero-order valence-corrected chi connectivity index (χ0v) is 53.9. The molecule has 1 amide bonds. The van der Waals surface area contributed by atoms with E-state index in [1.807, 2.05) is 60.7 Å². The van der Waals surface area contributed by atoms with Gasteiger partial charge in [-0.1, -0.05) is 151 Å². The normalized spacial score (nSPS) is 21.6. The number of ether oxygens (including phenoxy) is 2. The van der Waals surface area contributed by atoms with Gasteiger partial charge in [-0.2, -0.15) is 5.26 Å². The van der Waals surface area contributed by atoms with Crippen molar-refractivity contribution in [2.75, 3.05) is 25.1 Å². The summed E-state index contributed by atoms with van der Waals surface area (Å²) in [6, 6.07) is 40.1. The van der Waals surface area contributed by atoms with E-state index in [4.69, 9.17) is 61.1 Å². The number of aromatic nitrogens is 8. The Kier molecular flexibility index (Phi) is 19.8. The quantitative estimate of drug-likeness (QED) is 0.0180. The third-order valence-electron chi connectivity index (χ3n) is 16.4. The van der Waals surface area contributed by atoms with Crippen LogP contribution in [0.15, 0.2) is 145 Å². The zero-order valence-electron chi connectivity index (χ0n) is 49.5. The molecule has 9 atom stereocenters. The summed E-state index contributed by atoms with van der Waals surface area (Å²) in [6.07, 6.45) is 0.143. The van der Waals surface area contributed by atoms with Crippen LogP contribution in [0.3, 0.4) is 0 Å². The Balaban J connectivity index is 1.06. The van der Waals surface area contributed by atoms with Gasteiger partial charge in [-0.25, -0.2) is 30.0 Å². The van der Waals surface area contributed by atoms with Crippen molar-refractivity contribution in [3.8, 4) is 6.07 Å². The van der Waals surface area contributed by atoms with Crippen molar-refractivity contribution in [3.05, 3.63) is 179 Å². The van der Waals surface area contributed by atoms with E-state index in [1.54, 1.807) is 59.9 Å². The molecule has 4 aromatic carbocycles. The van der Waals surface area contributed by atoms with E-state index >= 15 is 0 Å². The van der Waals surface area contributed by atoms with Crippen LogP contribution in [-0.2, 0) is 67.8 Å². The summed E-state index contributed by atoms with van der Waals surface area (Å²) in [6.45, 7) is 12.3. The monoisotopic (exact) mass is 1270 g/mol. The Hall–Kier alpha value is -6.52. The van der Waals surface area contributed by atoms with E-state index in [0.29, 0.717) is 16.7 Å². The first kappa shape index (κ1) is 63.5. The molecule has 6 heterocycles. The third-order valence-corrected chi connectivity index (χ3v) is 24.1. The van der Waals surface area contributed by atoms with Crippen LogP contribution < -0.4 is 21.3 Å². The highest BCUT2D eigenvalue weighted by atomic mass is 32.5. The molecule has 10 rings (SSSR count). The van der Waals surface area contributed by atoms with Crippen molar-refractivity contribution in [1.82, 2.24) is 49.4 Å². The van der Waals surface area contributed by atoms with Crippen LogP contribution in [0.25, 0.3) is 22.3 Å². The van der Waals surface area contributed by atoms with Gasteiger partial charge in [0.1, 0.15) is 44.0 Å². The maximum atomic E-state index is 13.7. The number of rotatable bonds is 25. The summed E-state index contributed by atoms with van der Waals surface area (Å²) in [5, 5.41) is 20.4. The number of anilines is 1. The van der Waals surface area contributed by atoms with Gasteiger partial charge in [0.15, 0.2) is 42.7 Å². The fourth-order valence-electron chi connectivity index (χ4n) is 10.8. The third kappa shape index (κ3) is 13.6. The maximum absolute atomic E-state index is 13.7. The number of carbonyl (C=O) groups is 2. The minimum absolute atomic E-state index is 0.00927. The molecule has 4 aromatic heterocycles. The lowest BCUT2D eigenvalue weighted by Crippen LogP contribution is -2.55. The van der Waals surface area contributed by atoms with Crippen LogP contribution in [0.5, 0.6) is 0 Å². The molecule has 87 heavy (non-hydrogen) atoms. The average Bonchev–Trinajstić information content (AvgIpc) is 1.93. The molecule has 2 aliphatic heterocycles. The Bertz CT molecular complexity index is 3780. The predicted octanol–water partition coefficient (Wildman–Crippen LogP) is 10.2. The van der Waals surface area contributed by atoms with Crippen molar-refractivity contribution in [3.63, 3.8) is 0 Å². The largest absolute Gasteiger partial charge is 0.408 e. The number of Topliss-reactive ketones (excluding diaryl/α,β-unsaturated/α-hetero) is 1. The average molecular weight is 1270 g/mol. The molecule has 21 nitrogen and oxygen atoms in total. The first-order valence-corrected chi connectivity index (χ1v) is 36.1. The van der Waals surface area contributed by atoms with Gasteiger partial charge < -0.3 is 37.8 Å². The number of nitriles is 1. The molecule has 0 spiro atoms. The Morgan fingerprint density at radius 3 is 1.97 bits per heavy atom. The van der Waals surface area contributed by atoms with E-state index in [1.165, 1.54) is 6.33 Å². The second-order valence-electron chi connectivity index (χ2n) is 23.4. The fraction of sp³-hybridized carbons (Fsp3) is 0.393. The van der Waals surface area contributed by atoms with E-state index in [-0.39, 0.29) is 85.7 Å². The van der Waals surface area contributed by atoms with Crippen molar-refractivity contribution < 1.29 is 37.1 Å². The van der Waals surface area contributed by atoms with Gasteiger partial charge in [0, 0.05) is 23.4 Å². The molecular formula is C61H70N12O9P2S2Si. The first-order valence-electron chi connectivity index (χ1n) is 28.7. The summed E-state index contributed by atoms with van der Waals surface area (Å²) in [5.41, 5.74) is 2.79. The number of ketones is 1. The van der Waals surface area contributed by atoms with Gasteiger partial charge in [0.05, 0.1) is 69.1 Å². The second-order valence-corrected chi connectivity index (χ2v) is 32.2. The molecule has 1 unspecified atom stereocenters. The molecule has 2 fully saturated rings. The fourth-order valence-corrected chi connectivity index (χ4v) is 14.9. The number of nitrogens with one attached hydrogen (secondary N) is 4. The summed E-state index contributed by atoms with van der Waals surface area (Å²) in [5.74, 6) is -0.766. The van der Waals surface area contributed by atoms with E-state index < -0.39 is 74.8 Å². The number of H-pyrrole nitrogens is 1. The topological polar surface area (TPSA) is 257 Å². The van der Waals surface area contributed by atoms with Crippen LogP contribution in [0.4, 0.5) is 5.82 Å². The number of amides is 1. The number of hydrogen-bond donors (Lipinski definition) is 4. The first-order chi connectivity index (χ1) is 41.8. The SMILES string of the molecule is CC(C)C(=O)Cc1nc2c(ncn2[C@@H]2O[C@H](COP(=S)(N[C@H]3[C@@H](O[Si](C)(C)C(C)(C)C)[C@H](n4cnc5c(NC(=O)c6ccccc6)ncnc54)O[C@@H]3COP=S)OCCC#N)[C@@H](NC(c3ccccc3)(c3ccccc3)c3ccccc3)[C@H]2C)c(=O)[nH]1. The summed E-state index contributed by atoms with van der Waals surface area (Å²) < 4.78 is 45.0. The molecule has 26 heteroatoms. The van der Waals surface area contributed by atoms with Gasteiger partial charge in [0.2, 0.25) is 0 Å². The standard InChI is InChI=1S/C61H70N12O9P2S2Si/c1-38(2)44(74)32-47-67-55-51(57(76)68-47)66-37-73(55)58-39(3)48(70-61(41-24-15-10-16-25-41,42-26-17-11-18-27-42)43-28-19-12-20-29-43)46(80-58)34-79-84(86,78-31-21-30-62)71-49-45(33-77-83-85)81-59(52(49)82-87(7,8)60(4,5)6)72-36-65-50-53(63-35-64-54(50)72)69-56(75)40-22-13-9-14-23-40/h9-20,22-29,35-39,45-46,48-49,52,58-59,70H,21,31-34H2,1-8H3,(H,71,86)(H,67,68,76)(H,63,64,69,75)/t39-,45-,46-,48+,49-,52-,58-,59-,84?/m1/s1.